The Morgan fingerprint density at radius 3 is 2.43 bits per heavy atom. The van der Waals surface area contributed by atoms with Crippen LogP contribution in [0.5, 0.6) is 0 Å². The van der Waals surface area contributed by atoms with Crippen LogP contribution in [-0.2, 0) is 0 Å². The van der Waals surface area contributed by atoms with E-state index in [0.717, 1.165) is 22.3 Å². The zero-order chi connectivity index (χ0) is 15.4. The molecular formula is C16H17BrClFN2. The molecular weight excluding hydrogens is 355 g/mol. The summed E-state index contributed by atoms with van der Waals surface area (Å²) in [7, 11) is 0. The summed E-state index contributed by atoms with van der Waals surface area (Å²) in [5.74, 6) is -0.244. The van der Waals surface area contributed by atoms with Crippen LogP contribution in [0.4, 0.5) is 10.1 Å². The molecule has 0 saturated carbocycles. The van der Waals surface area contributed by atoms with Crippen LogP contribution in [0.2, 0.25) is 5.02 Å². The van der Waals surface area contributed by atoms with E-state index in [0.29, 0.717) is 11.6 Å². The minimum absolute atomic E-state index is 0.00731. The second-order valence-corrected chi connectivity index (χ2v) is 5.97. The van der Waals surface area contributed by atoms with Gasteiger partial charge in [-0.05, 0) is 48.9 Å². The van der Waals surface area contributed by atoms with Crippen LogP contribution in [0.15, 0.2) is 46.9 Å². The Morgan fingerprint density at radius 1 is 1.24 bits per heavy atom. The van der Waals surface area contributed by atoms with Crippen molar-refractivity contribution in [3.63, 3.8) is 0 Å². The Bertz CT molecular complexity index is 604. The van der Waals surface area contributed by atoms with Crippen LogP contribution in [0.3, 0.4) is 0 Å². The zero-order valence-electron chi connectivity index (χ0n) is 11.7. The largest absolute Gasteiger partial charge is 0.363 e. The highest BCUT2D eigenvalue weighted by atomic mass is 79.9. The molecule has 0 aliphatic carbocycles. The SMILES string of the molecule is CCN(c1ccc(F)cc1)C(CN)c1ccc(Cl)cc1Br. The normalized spacial score (nSPS) is 12.2. The van der Waals surface area contributed by atoms with Crippen LogP contribution in [0.1, 0.15) is 18.5 Å². The number of hydrogen-bond donors (Lipinski definition) is 1. The number of halogens is 3. The van der Waals surface area contributed by atoms with Crippen LogP contribution in [-0.4, -0.2) is 13.1 Å². The summed E-state index contributed by atoms with van der Waals surface area (Å²) in [5.41, 5.74) is 7.99. The molecule has 2 N–H and O–H groups in total. The van der Waals surface area contributed by atoms with Gasteiger partial charge in [-0.25, -0.2) is 4.39 Å². The van der Waals surface area contributed by atoms with E-state index < -0.39 is 0 Å². The summed E-state index contributed by atoms with van der Waals surface area (Å²) in [6, 6.07) is 12.1. The quantitative estimate of drug-likeness (QED) is 0.820. The van der Waals surface area contributed by atoms with Crippen molar-refractivity contribution in [3.05, 3.63) is 63.3 Å². The molecule has 2 nitrogen and oxygen atoms in total. The summed E-state index contributed by atoms with van der Waals surface area (Å²) in [6.45, 7) is 3.27. The number of anilines is 1. The maximum Gasteiger partial charge on any atom is 0.123 e. The van der Waals surface area contributed by atoms with Gasteiger partial charge in [-0.2, -0.15) is 0 Å². The molecule has 0 heterocycles. The summed E-state index contributed by atoms with van der Waals surface area (Å²) < 4.78 is 14.0. The monoisotopic (exact) mass is 370 g/mol. The second-order valence-electron chi connectivity index (χ2n) is 4.68. The maximum absolute atomic E-state index is 13.1. The molecule has 112 valence electrons. The van der Waals surface area contributed by atoms with Crippen molar-refractivity contribution >= 4 is 33.2 Å². The van der Waals surface area contributed by atoms with Gasteiger partial charge in [-0.15, -0.1) is 0 Å². The van der Waals surface area contributed by atoms with Gasteiger partial charge in [0.1, 0.15) is 5.82 Å². The van der Waals surface area contributed by atoms with E-state index >= 15 is 0 Å². The molecule has 0 aromatic heterocycles. The standard InChI is InChI=1S/C16H17BrClFN2/c1-2-21(13-6-4-12(19)5-7-13)16(10-20)14-8-3-11(18)9-15(14)17/h3-9,16H,2,10,20H2,1H3. The van der Waals surface area contributed by atoms with Crippen molar-refractivity contribution < 1.29 is 4.39 Å². The Morgan fingerprint density at radius 2 is 1.90 bits per heavy atom. The van der Waals surface area contributed by atoms with Crippen molar-refractivity contribution in [1.82, 2.24) is 0 Å². The predicted molar refractivity (Wildman–Crippen MR) is 90.4 cm³/mol. The Labute approximate surface area is 137 Å². The third kappa shape index (κ3) is 3.76. The third-order valence-electron chi connectivity index (χ3n) is 3.42. The molecule has 1 unspecified atom stereocenters. The van der Waals surface area contributed by atoms with Gasteiger partial charge in [-0.3, -0.25) is 0 Å². The van der Waals surface area contributed by atoms with Gasteiger partial charge in [-0.1, -0.05) is 33.6 Å². The topological polar surface area (TPSA) is 29.3 Å². The van der Waals surface area contributed by atoms with Crippen molar-refractivity contribution in [2.75, 3.05) is 18.0 Å². The van der Waals surface area contributed by atoms with E-state index in [9.17, 15) is 4.39 Å². The van der Waals surface area contributed by atoms with Crippen LogP contribution in [0.25, 0.3) is 0 Å². The maximum atomic E-state index is 13.1. The number of rotatable bonds is 5. The minimum Gasteiger partial charge on any atom is -0.363 e. The van der Waals surface area contributed by atoms with E-state index in [4.69, 9.17) is 17.3 Å². The van der Waals surface area contributed by atoms with Gasteiger partial charge in [0.15, 0.2) is 0 Å². The number of nitrogens with zero attached hydrogens (tertiary/aromatic N) is 1. The highest BCUT2D eigenvalue weighted by Crippen LogP contribution is 2.32. The van der Waals surface area contributed by atoms with Crippen LogP contribution >= 0.6 is 27.5 Å². The van der Waals surface area contributed by atoms with Crippen molar-refractivity contribution in [2.45, 2.75) is 13.0 Å². The molecule has 0 aliphatic heterocycles. The highest BCUT2D eigenvalue weighted by molar-refractivity contribution is 9.10. The van der Waals surface area contributed by atoms with Gasteiger partial charge in [0.25, 0.3) is 0 Å². The molecule has 1 atom stereocenters. The molecule has 2 aromatic carbocycles. The first-order valence-corrected chi connectivity index (χ1v) is 7.91. The molecule has 0 spiro atoms. The first kappa shape index (κ1) is 16.3. The summed E-state index contributed by atoms with van der Waals surface area (Å²) in [5, 5.41) is 0.672. The summed E-state index contributed by atoms with van der Waals surface area (Å²) in [6.07, 6.45) is 0. The molecule has 0 saturated heterocycles. The van der Waals surface area contributed by atoms with Crippen LogP contribution < -0.4 is 10.6 Å². The van der Waals surface area contributed by atoms with Crippen molar-refractivity contribution in [2.24, 2.45) is 5.73 Å². The van der Waals surface area contributed by atoms with Crippen molar-refractivity contribution in [3.8, 4) is 0 Å². The van der Waals surface area contributed by atoms with E-state index in [2.05, 4.69) is 27.8 Å². The van der Waals surface area contributed by atoms with E-state index in [-0.39, 0.29) is 11.9 Å². The molecule has 2 rings (SSSR count). The molecule has 0 aliphatic rings. The Hall–Kier alpha value is -1.10. The number of hydrogen-bond acceptors (Lipinski definition) is 2. The zero-order valence-corrected chi connectivity index (χ0v) is 14.0. The summed E-state index contributed by atoms with van der Waals surface area (Å²) >= 11 is 9.54. The second kappa shape index (κ2) is 7.25. The fourth-order valence-corrected chi connectivity index (χ4v) is 3.36. The van der Waals surface area contributed by atoms with Gasteiger partial charge in [0, 0.05) is 28.3 Å². The predicted octanol–water partition coefficient (Wildman–Crippen LogP) is 4.77. The average molecular weight is 372 g/mol. The fourth-order valence-electron chi connectivity index (χ4n) is 2.41. The van der Waals surface area contributed by atoms with Gasteiger partial charge >= 0.3 is 0 Å². The molecule has 2 aromatic rings. The lowest BCUT2D eigenvalue weighted by Crippen LogP contribution is -2.34. The number of likely N-dealkylation sites (N-methyl/N-ethyl adjacent to an activating group) is 1. The lowest BCUT2D eigenvalue weighted by Gasteiger charge is -2.33. The first-order chi connectivity index (χ1) is 10.1. The highest BCUT2D eigenvalue weighted by Gasteiger charge is 2.20. The molecule has 0 amide bonds. The fraction of sp³-hybridized carbons (Fsp3) is 0.250. The van der Waals surface area contributed by atoms with E-state index in [1.165, 1.54) is 12.1 Å². The summed E-state index contributed by atoms with van der Waals surface area (Å²) in [4.78, 5) is 2.15. The van der Waals surface area contributed by atoms with Gasteiger partial charge in [0.05, 0.1) is 6.04 Å². The van der Waals surface area contributed by atoms with Gasteiger partial charge in [0.2, 0.25) is 0 Å². The molecule has 0 bridgehead atoms. The smallest absolute Gasteiger partial charge is 0.123 e. The Balaban J connectivity index is 2.39. The molecule has 21 heavy (non-hydrogen) atoms. The molecule has 0 fully saturated rings. The van der Waals surface area contributed by atoms with E-state index in [1.807, 2.05) is 18.2 Å². The number of nitrogens with two attached hydrogens (primary N) is 1. The minimum atomic E-state index is -0.244. The first-order valence-electron chi connectivity index (χ1n) is 6.74. The molecule has 0 radical (unpaired) electrons. The molecule has 5 heteroatoms. The van der Waals surface area contributed by atoms with E-state index in [1.54, 1.807) is 12.1 Å². The van der Waals surface area contributed by atoms with Gasteiger partial charge < -0.3 is 10.6 Å². The Kier molecular flexibility index (Phi) is 5.62. The lowest BCUT2D eigenvalue weighted by atomic mass is 10.0. The van der Waals surface area contributed by atoms with Crippen molar-refractivity contribution in [1.29, 1.82) is 0 Å². The third-order valence-corrected chi connectivity index (χ3v) is 4.34. The lowest BCUT2D eigenvalue weighted by molar-refractivity contribution is 0.622. The average Bonchev–Trinajstić information content (AvgIpc) is 2.47. The number of benzene rings is 2. The van der Waals surface area contributed by atoms with Crippen LogP contribution in [0, 0.1) is 5.82 Å².